The van der Waals surface area contributed by atoms with Gasteiger partial charge < -0.3 is 19.5 Å². The molecule has 0 aromatic heterocycles. The normalized spacial score (nSPS) is 13.6. The van der Waals surface area contributed by atoms with Crippen molar-refractivity contribution in [3.05, 3.63) is 29.8 Å². The first-order chi connectivity index (χ1) is 7.90. The first-order valence-corrected chi connectivity index (χ1v) is 6.86. The molecule has 0 aliphatic carbocycles. The number of nitrogens with one attached hydrogen (secondary N) is 1. The van der Waals surface area contributed by atoms with Crippen molar-refractivity contribution in [2.75, 3.05) is 13.7 Å². The summed E-state index contributed by atoms with van der Waals surface area (Å²) in [5.74, 6) is 0.294. The van der Waals surface area contributed by atoms with Crippen molar-refractivity contribution in [3.63, 3.8) is 0 Å². The van der Waals surface area contributed by atoms with Crippen molar-refractivity contribution >= 4 is 13.7 Å². The van der Waals surface area contributed by atoms with Crippen LogP contribution in [0.25, 0.3) is 0 Å². The van der Waals surface area contributed by atoms with Crippen LogP contribution in [0, 0.1) is 0 Å². The van der Waals surface area contributed by atoms with Gasteiger partial charge in [-0.25, -0.2) is 9.36 Å². The van der Waals surface area contributed by atoms with Crippen molar-refractivity contribution < 1.29 is 23.5 Å². The van der Waals surface area contributed by atoms with Crippen LogP contribution in [0.15, 0.2) is 24.3 Å². The molecule has 0 bridgehead atoms. The highest BCUT2D eigenvalue weighted by molar-refractivity contribution is 7.52. The van der Waals surface area contributed by atoms with Crippen LogP contribution in [0.1, 0.15) is 5.56 Å². The number of amides is 1. The molecule has 1 aromatic carbocycles. The predicted octanol–water partition coefficient (Wildman–Crippen LogP) is 1.74. The second-order valence-electron chi connectivity index (χ2n) is 3.36. The number of hydrogen-bond acceptors (Lipinski definition) is 4. The van der Waals surface area contributed by atoms with Gasteiger partial charge in [-0.3, -0.25) is 0 Å². The average Bonchev–Trinajstić information content (AvgIpc) is 2.25. The zero-order valence-corrected chi connectivity index (χ0v) is 10.4. The van der Waals surface area contributed by atoms with Gasteiger partial charge >= 0.3 is 13.7 Å². The summed E-state index contributed by atoms with van der Waals surface area (Å²) in [5.41, 5.74) is 0.754. The third-order valence-corrected chi connectivity index (χ3v) is 2.32. The fourth-order valence-electron chi connectivity index (χ4n) is 1.06. The van der Waals surface area contributed by atoms with Crippen LogP contribution in [0.4, 0.5) is 4.79 Å². The molecule has 0 spiro atoms. The van der Waals surface area contributed by atoms with Crippen LogP contribution >= 0.6 is 7.60 Å². The molecule has 1 aromatic rings. The van der Waals surface area contributed by atoms with Gasteiger partial charge in [0.2, 0.25) is 0 Å². The van der Waals surface area contributed by atoms with Gasteiger partial charge in [-0.2, -0.15) is 0 Å². The Kier molecular flexibility index (Phi) is 4.54. The molecule has 1 rings (SSSR count). The van der Waals surface area contributed by atoms with Crippen molar-refractivity contribution in [3.8, 4) is 5.75 Å². The maximum Gasteiger partial charge on any atom is 0.407 e. The lowest BCUT2D eigenvalue weighted by Crippen LogP contribution is -2.18. The topological polar surface area (TPSA) is 84.9 Å². The van der Waals surface area contributed by atoms with Crippen LogP contribution in [0.3, 0.4) is 0 Å². The highest BCUT2D eigenvalue weighted by Crippen LogP contribution is 2.37. The average molecular weight is 259 g/mol. The Bertz CT molecular complexity index is 425. The van der Waals surface area contributed by atoms with E-state index in [0.717, 1.165) is 12.2 Å². The fraction of sp³-hybridized carbons (Fsp3) is 0.300. The molecule has 0 aliphatic heterocycles. The number of hydrogen-bond donors (Lipinski definition) is 2. The highest BCUT2D eigenvalue weighted by Gasteiger charge is 2.11. The second kappa shape index (κ2) is 5.70. The summed E-state index contributed by atoms with van der Waals surface area (Å²) in [6.07, 6.45) is -0.515. The molecule has 0 fully saturated rings. The lowest BCUT2D eigenvalue weighted by molar-refractivity contribution is 0.142. The van der Waals surface area contributed by atoms with Gasteiger partial charge in [0.25, 0.3) is 0 Å². The van der Waals surface area contributed by atoms with Crippen molar-refractivity contribution in [1.82, 2.24) is 5.32 Å². The number of carbonyl (C=O) groups excluding carboxylic acids is 1. The molecule has 1 atom stereocenters. The van der Waals surface area contributed by atoms with Gasteiger partial charge in [0.05, 0.1) is 0 Å². The Morgan fingerprint density at radius 2 is 2.00 bits per heavy atom. The molecule has 2 N–H and O–H groups in total. The minimum atomic E-state index is -3.53. The molecule has 0 radical (unpaired) electrons. The molecule has 1 unspecified atom stereocenters. The van der Waals surface area contributed by atoms with Gasteiger partial charge in [0, 0.05) is 13.7 Å². The lowest BCUT2D eigenvalue weighted by atomic mass is 10.2. The zero-order chi connectivity index (χ0) is 12.9. The molecule has 17 heavy (non-hydrogen) atoms. The van der Waals surface area contributed by atoms with Crippen molar-refractivity contribution in [1.29, 1.82) is 0 Å². The van der Waals surface area contributed by atoms with E-state index in [-0.39, 0.29) is 6.61 Å². The van der Waals surface area contributed by atoms with Gasteiger partial charge in [0.1, 0.15) is 12.4 Å². The van der Waals surface area contributed by atoms with Gasteiger partial charge in [-0.15, -0.1) is 0 Å². The van der Waals surface area contributed by atoms with Crippen LogP contribution in [-0.2, 0) is 15.9 Å². The first kappa shape index (κ1) is 13.5. The largest absolute Gasteiger partial charge is 0.445 e. The lowest BCUT2D eigenvalue weighted by Gasteiger charge is -2.09. The van der Waals surface area contributed by atoms with E-state index >= 15 is 0 Å². The minimum Gasteiger partial charge on any atom is -0.445 e. The fourth-order valence-corrected chi connectivity index (χ4v) is 1.58. The molecule has 0 saturated heterocycles. The SMILES string of the molecule is CNC(=O)OCc1ccc(OP(C)(=O)O)cc1. The van der Waals surface area contributed by atoms with E-state index in [9.17, 15) is 9.36 Å². The van der Waals surface area contributed by atoms with E-state index < -0.39 is 13.7 Å². The van der Waals surface area contributed by atoms with Gasteiger partial charge in [0.15, 0.2) is 0 Å². The number of rotatable bonds is 4. The van der Waals surface area contributed by atoms with E-state index in [4.69, 9.17) is 14.2 Å². The van der Waals surface area contributed by atoms with E-state index in [1.165, 1.54) is 19.2 Å². The summed E-state index contributed by atoms with van der Waals surface area (Å²) in [5, 5.41) is 2.32. The monoisotopic (exact) mass is 259 g/mol. The van der Waals surface area contributed by atoms with Crippen LogP contribution < -0.4 is 9.84 Å². The molecule has 1 amide bonds. The maximum absolute atomic E-state index is 11.0. The van der Waals surface area contributed by atoms with E-state index in [1.54, 1.807) is 12.1 Å². The summed E-state index contributed by atoms with van der Waals surface area (Å²) >= 11 is 0. The summed E-state index contributed by atoms with van der Waals surface area (Å²) in [6.45, 7) is 1.23. The Labute approximate surface area is 99.1 Å². The number of carbonyl (C=O) groups is 1. The van der Waals surface area contributed by atoms with Gasteiger partial charge in [-0.05, 0) is 17.7 Å². The summed E-state index contributed by atoms with van der Waals surface area (Å²) in [4.78, 5) is 19.8. The Morgan fingerprint density at radius 3 is 2.47 bits per heavy atom. The second-order valence-corrected chi connectivity index (χ2v) is 5.15. The molecule has 94 valence electrons. The highest BCUT2D eigenvalue weighted by atomic mass is 31.2. The van der Waals surface area contributed by atoms with Crippen LogP contribution in [0.5, 0.6) is 5.75 Å². The molecular weight excluding hydrogens is 245 g/mol. The summed E-state index contributed by atoms with van der Waals surface area (Å²) in [6, 6.07) is 6.37. The molecule has 0 aliphatic rings. The third kappa shape index (κ3) is 5.38. The summed E-state index contributed by atoms with van der Waals surface area (Å²) < 4.78 is 20.6. The van der Waals surface area contributed by atoms with Gasteiger partial charge in [-0.1, -0.05) is 12.1 Å². The number of ether oxygens (including phenoxy) is 1. The smallest absolute Gasteiger partial charge is 0.407 e. The van der Waals surface area contributed by atoms with Crippen LogP contribution in [0.2, 0.25) is 0 Å². The Balaban J connectivity index is 2.56. The number of benzene rings is 1. The molecule has 0 saturated carbocycles. The minimum absolute atomic E-state index is 0.128. The Morgan fingerprint density at radius 1 is 1.41 bits per heavy atom. The maximum atomic E-state index is 11.0. The molecule has 6 nitrogen and oxygen atoms in total. The zero-order valence-electron chi connectivity index (χ0n) is 9.54. The Hall–Kier alpha value is -1.52. The van der Waals surface area contributed by atoms with Crippen molar-refractivity contribution in [2.45, 2.75) is 6.61 Å². The van der Waals surface area contributed by atoms with E-state index in [0.29, 0.717) is 5.75 Å². The molecule has 0 heterocycles. The molecule has 7 heteroatoms. The first-order valence-electron chi connectivity index (χ1n) is 4.84. The predicted molar refractivity (Wildman–Crippen MR) is 62.1 cm³/mol. The number of alkyl carbamates (subject to hydrolysis) is 1. The van der Waals surface area contributed by atoms with E-state index in [1.807, 2.05) is 0 Å². The third-order valence-electron chi connectivity index (χ3n) is 1.77. The van der Waals surface area contributed by atoms with E-state index in [2.05, 4.69) is 5.32 Å². The quantitative estimate of drug-likeness (QED) is 0.804. The van der Waals surface area contributed by atoms with Crippen LogP contribution in [-0.4, -0.2) is 24.7 Å². The summed E-state index contributed by atoms with van der Waals surface area (Å²) in [7, 11) is -2.06. The molecular formula is C10H14NO5P. The van der Waals surface area contributed by atoms with Crippen molar-refractivity contribution in [2.24, 2.45) is 0 Å². The standard InChI is InChI=1S/C10H14NO5P/c1-11-10(12)15-7-8-3-5-9(6-4-8)16-17(2,13)14/h3-6H,7H2,1-2H3,(H,11,12)(H,13,14).